The van der Waals surface area contributed by atoms with Crippen LogP contribution in [-0.2, 0) is 19.3 Å². The van der Waals surface area contributed by atoms with Crippen LogP contribution in [0.4, 0.5) is 12.1 Å². The zero-order chi connectivity index (χ0) is 4.50. The van der Waals surface area contributed by atoms with Crippen LogP contribution in [0.5, 0.6) is 0 Å². The van der Waals surface area contributed by atoms with Crippen LogP contribution in [0.2, 0.25) is 0 Å². The SMILES string of the molecule is O.O.[F][Nb]([F])([F])[F]. The third-order valence-electron chi connectivity index (χ3n) is 0. The van der Waals surface area contributed by atoms with E-state index in [0.29, 0.717) is 0 Å². The first kappa shape index (κ1) is 15.7. The summed E-state index contributed by atoms with van der Waals surface area (Å²) in [5, 5.41) is 0. The number of hydrogen-bond donors (Lipinski definition) is 0. The van der Waals surface area contributed by atoms with Crippen molar-refractivity contribution in [3.05, 3.63) is 0 Å². The summed E-state index contributed by atoms with van der Waals surface area (Å²) in [4.78, 5) is 0. The van der Waals surface area contributed by atoms with Crippen LogP contribution in [0.15, 0.2) is 0 Å². The van der Waals surface area contributed by atoms with Crippen LogP contribution >= 0.6 is 0 Å². The van der Waals surface area contributed by atoms with Gasteiger partial charge in [-0.3, -0.25) is 0 Å². The normalized spacial score (nSPS) is 8.57. The third-order valence-corrected chi connectivity index (χ3v) is 0. The Morgan fingerprint density at radius 1 is 0.714 bits per heavy atom. The average molecular weight is 205 g/mol. The van der Waals surface area contributed by atoms with Crippen LogP contribution in [0.3, 0.4) is 0 Å². The summed E-state index contributed by atoms with van der Waals surface area (Å²) in [7, 11) is 0. The molecule has 0 rings (SSSR count). The molecular weight excluding hydrogens is 201 g/mol. The molecule has 0 saturated carbocycles. The van der Waals surface area contributed by atoms with Crippen molar-refractivity contribution in [2.75, 3.05) is 0 Å². The van der Waals surface area contributed by atoms with Crippen LogP contribution in [0, 0.1) is 0 Å². The Balaban J connectivity index is -0.0000000800. The molecule has 0 amide bonds. The Bertz CT molecular complexity index is 25.2. The summed E-state index contributed by atoms with van der Waals surface area (Å²) in [6.45, 7) is 0. The molecule has 0 aliphatic heterocycles. The standard InChI is InChI=1S/4FH.Nb.2H2O/h4*1H;;2*1H2/q;;;;+4;;/p-4. The van der Waals surface area contributed by atoms with Crippen LogP contribution in [0.1, 0.15) is 0 Å². The van der Waals surface area contributed by atoms with Crippen molar-refractivity contribution in [1.82, 2.24) is 0 Å². The molecule has 2 nitrogen and oxygen atoms in total. The van der Waals surface area contributed by atoms with E-state index in [1.165, 1.54) is 0 Å². The van der Waals surface area contributed by atoms with Gasteiger partial charge in [-0.05, 0) is 0 Å². The van der Waals surface area contributed by atoms with E-state index in [0.717, 1.165) is 0 Å². The minimum atomic E-state index is -7.10. The number of hydrogen-bond acceptors (Lipinski definition) is 0. The van der Waals surface area contributed by atoms with E-state index in [1.54, 1.807) is 0 Å². The Morgan fingerprint density at radius 2 is 0.714 bits per heavy atom. The van der Waals surface area contributed by atoms with E-state index in [2.05, 4.69) is 0 Å². The predicted molar refractivity (Wildman–Crippen MR) is 11.7 cm³/mol. The fourth-order valence-electron chi connectivity index (χ4n) is 0. The molecule has 0 aromatic carbocycles. The summed E-state index contributed by atoms with van der Waals surface area (Å²) in [5.74, 6) is 0. The molecule has 0 aliphatic rings. The van der Waals surface area contributed by atoms with E-state index in [1.807, 2.05) is 0 Å². The number of rotatable bonds is 0. The van der Waals surface area contributed by atoms with Crippen molar-refractivity contribution in [2.24, 2.45) is 0 Å². The molecule has 0 unspecified atom stereocenters. The van der Waals surface area contributed by atoms with Gasteiger partial charge in [-0.15, -0.1) is 0 Å². The zero-order valence-electron chi connectivity index (χ0n) is 2.96. The number of halogens is 4. The molecule has 7 heteroatoms. The fraction of sp³-hybridized carbons (Fsp3) is 0. The predicted octanol–water partition coefficient (Wildman–Crippen LogP) is 0.0289. The molecule has 0 aromatic rings. The zero-order valence-corrected chi connectivity index (χ0v) is 5.16. The molecule has 0 fully saturated rings. The van der Waals surface area contributed by atoms with Gasteiger partial charge < -0.3 is 11.0 Å². The van der Waals surface area contributed by atoms with Gasteiger partial charge in [0.2, 0.25) is 0 Å². The maximum absolute atomic E-state index is 9.89. The fourth-order valence-corrected chi connectivity index (χ4v) is 0. The van der Waals surface area contributed by atoms with Gasteiger partial charge in [-0.25, -0.2) is 0 Å². The van der Waals surface area contributed by atoms with E-state index in [4.69, 9.17) is 0 Å². The molecule has 49 valence electrons. The van der Waals surface area contributed by atoms with Crippen molar-refractivity contribution in [3.8, 4) is 0 Å². The molecule has 0 atom stereocenters. The van der Waals surface area contributed by atoms with Crippen LogP contribution < -0.4 is 0 Å². The Kier molecular flexibility index (Phi) is 10.1. The van der Waals surface area contributed by atoms with E-state index >= 15 is 0 Å². The van der Waals surface area contributed by atoms with Crippen LogP contribution in [0.25, 0.3) is 0 Å². The first-order valence-corrected chi connectivity index (χ1v) is 4.00. The summed E-state index contributed by atoms with van der Waals surface area (Å²) >= 11 is -7.10. The first-order valence-electron chi connectivity index (χ1n) is 0.676. The molecular formula is H4F4NbO2. The third kappa shape index (κ3) is 847. The Hall–Kier alpha value is 0.380. The molecule has 0 heterocycles. The molecule has 0 radical (unpaired) electrons. The van der Waals surface area contributed by atoms with Crippen molar-refractivity contribution in [3.63, 3.8) is 0 Å². The molecule has 0 bridgehead atoms. The van der Waals surface area contributed by atoms with Crippen molar-refractivity contribution < 1.29 is 42.4 Å². The summed E-state index contributed by atoms with van der Waals surface area (Å²) in [5.41, 5.74) is 0. The molecule has 7 heavy (non-hydrogen) atoms. The summed E-state index contributed by atoms with van der Waals surface area (Å²) in [6.07, 6.45) is 0. The first-order chi connectivity index (χ1) is 2.00. The van der Waals surface area contributed by atoms with Gasteiger partial charge in [0, 0.05) is 0 Å². The van der Waals surface area contributed by atoms with E-state index < -0.39 is 19.3 Å². The van der Waals surface area contributed by atoms with E-state index in [-0.39, 0.29) is 11.0 Å². The van der Waals surface area contributed by atoms with Gasteiger partial charge in [0.1, 0.15) is 0 Å². The monoisotopic (exact) mass is 205 g/mol. The molecule has 0 aliphatic carbocycles. The molecule has 4 N–H and O–H groups in total. The van der Waals surface area contributed by atoms with Crippen LogP contribution in [-0.4, -0.2) is 11.0 Å². The van der Waals surface area contributed by atoms with Crippen molar-refractivity contribution >= 4 is 0 Å². The van der Waals surface area contributed by atoms with Gasteiger partial charge in [0.15, 0.2) is 0 Å². The molecule has 0 saturated heterocycles. The quantitative estimate of drug-likeness (QED) is 0.395. The summed E-state index contributed by atoms with van der Waals surface area (Å²) < 4.78 is 39.6. The average Bonchev–Trinajstić information content (AvgIpc) is 0.722. The minimum absolute atomic E-state index is 0. The second-order valence-electron chi connectivity index (χ2n) is 0.383. The second kappa shape index (κ2) is 4.54. The van der Waals surface area contributed by atoms with Gasteiger partial charge >= 0.3 is 31.4 Å². The summed E-state index contributed by atoms with van der Waals surface area (Å²) in [6, 6.07) is 0. The van der Waals surface area contributed by atoms with E-state index in [9.17, 15) is 12.1 Å². The Labute approximate surface area is 43.1 Å². The second-order valence-corrected chi connectivity index (χ2v) is 2.27. The topological polar surface area (TPSA) is 63.0 Å². The van der Waals surface area contributed by atoms with Gasteiger partial charge in [0.05, 0.1) is 0 Å². The van der Waals surface area contributed by atoms with Gasteiger partial charge in [-0.1, -0.05) is 0 Å². The Morgan fingerprint density at radius 3 is 0.714 bits per heavy atom. The van der Waals surface area contributed by atoms with Gasteiger partial charge in [0.25, 0.3) is 0 Å². The van der Waals surface area contributed by atoms with Crippen molar-refractivity contribution in [1.29, 1.82) is 0 Å². The van der Waals surface area contributed by atoms with Crippen molar-refractivity contribution in [2.45, 2.75) is 0 Å². The molecule has 0 spiro atoms. The van der Waals surface area contributed by atoms with Gasteiger partial charge in [-0.2, -0.15) is 0 Å². The molecule has 0 aromatic heterocycles. The maximum atomic E-state index is 9.89.